The van der Waals surface area contributed by atoms with E-state index in [1.807, 2.05) is 0 Å². The van der Waals surface area contributed by atoms with Gasteiger partial charge in [0, 0.05) is 12.1 Å². The van der Waals surface area contributed by atoms with E-state index in [0.717, 1.165) is 0 Å². The third-order valence-electron chi connectivity index (χ3n) is 4.33. The van der Waals surface area contributed by atoms with Crippen molar-refractivity contribution >= 4 is 33.9 Å². The minimum absolute atomic E-state index is 0. The number of urea groups is 1. The molecule has 0 saturated carbocycles. The Morgan fingerprint density at radius 2 is 1.96 bits per heavy atom. The molecule has 2 heterocycles. The van der Waals surface area contributed by atoms with Crippen LogP contribution in [0.5, 0.6) is 0 Å². The topological polar surface area (TPSA) is 147 Å². The predicted molar refractivity (Wildman–Crippen MR) is 89.4 cm³/mol. The Balaban J connectivity index is 0.00000280. The zero-order valence-corrected chi connectivity index (χ0v) is 17.6. The van der Waals surface area contributed by atoms with E-state index in [2.05, 4.69) is 14.4 Å². The van der Waals surface area contributed by atoms with Crippen molar-refractivity contribution < 1.29 is 56.4 Å². The van der Waals surface area contributed by atoms with E-state index in [9.17, 15) is 22.6 Å². The van der Waals surface area contributed by atoms with Gasteiger partial charge in [-0.15, -0.1) is 0 Å². The van der Waals surface area contributed by atoms with E-state index in [4.69, 9.17) is 12.0 Å². The van der Waals surface area contributed by atoms with Crippen molar-refractivity contribution in [1.82, 2.24) is 15.3 Å². The summed E-state index contributed by atoms with van der Waals surface area (Å²) < 4.78 is 36.5. The molecule has 0 unspecified atom stereocenters. The van der Waals surface area contributed by atoms with Gasteiger partial charge in [-0.05, 0) is 12.8 Å². The number of fused-ring (bicyclic) bond motifs is 2. The number of carbonyl (C=O) groups is 2. The third kappa shape index (κ3) is 4.69. The summed E-state index contributed by atoms with van der Waals surface area (Å²) in [7, 11) is -5.09. The van der Waals surface area contributed by atoms with Crippen LogP contribution >= 0.6 is 0 Å². The van der Waals surface area contributed by atoms with Crippen molar-refractivity contribution in [2.24, 2.45) is 0 Å². The standard InChI is InChI=1S/C15H15N5O6S.Na/c1-17-10-4-2-9(3-5-10)14(21)18-13(16)12-7-6-11-8-19(12)15(22)20(11)26-27(23,24)25;/h2-5,11-12H,6-8H2,(H2,16,18,21)(H,23,24,25);/q;+1/p-1/t11-,12+;/m1./s1. The minimum atomic E-state index is -5.09. The van der Waals surface area contributed by atoms with E-state index < -0.39 is 34.4 Å². The number of hydrogen-bond acceptors (Lipinski definition) is 7. The van der Waals surface area contributed by atoms with Gasteiger partial charge in [-0.3, -0.25) is 10.2 Å². The molecule has 2 aliphatic heterocycles. The fraction of sp³-hybridized carbons (Fsp3) is 0.333. The molecule has 2 fully saturated rings. The van der Waals surface area contributed by atoms with Crippen LogP contribution < -0.4 is 34.9 Å². The molecule has 28 heavy (non-hydrogen) atoms. The predicted octanol–water partition coefficient (Wildman–Crippen LogP) is -2.39. The number of nitrogens with one attached hydrogen (secondary N) is 2. The maximum Gasteiger partial charge on any atom is 1.00 e. The van der Waals surface area contributed by atoms with Gasteiger partial charge in [-0.1, -0.05) is 24.3 Å². The molecule has 0 radical (unpaired) electrons. The number of nitrogens with zero attached hydrogens (tertiary/aromatic N) is 3. The average Bonchev–Trinajstić information content (AvgIpc) is 2.85. The smallest absolute Gasteiger partial charge is 0.724 e. The summed E-state index contributed by atoms with van der Waals surface area (Å²) in [6.45, 7) is 6.97. The van der Waals surface area contributed by atoms with Crippen LogP contribution in [0.15, 0.2) is 24.3 Å². The van der Waals surface area contributed by atoms with Crippen LogP contribution in [0.4, 0.5) is 10.5 Å². The van der Waals surface area contributed by atoms with Crippen molar-refractivity contribution in [3.8, 4) is 0 Å². The second-order valence-corrected chi connectivity index (χ2v) is 6.98. The van der Waals surface area contributed by atoms with Gasteiger partial charge in [0.05, 0.1) is 18.7 Å². The van der Waals surface area contributed by atoms with Gasteiger partial charge in [-0.25, -0.2) is 18.1 Å². The molecule has 0 spiro atoms. The minimum Gasteiger partial charge on any atom is -0.724 e. The summed E-state index contributed by atoms with van der Waals surface area (Å²) in [6.07, 6.45) is 0.603. The second-order valence-electron chi connectivity index (χ2n) is 6.02. The van der Waals surface area contributed by atoms with Crippen LogP contribution in [-0.4, -0.2) is 59.3 Å². The van der Waals surface area contributed by atoms with Crippen molar-refractivity contribution in [2.75, 3.05) is 6.54 Å². The first-order valence-corrected chi connectivity index (χ1v) is 9.15. The number of hydrogen-bond donors (Lipinski definition) is 2. The molecule has 2 aliphatic rings. The van der Waals surface area contributed by atoms with E-state index in [1.54, 1.807) is 0 Å². The van der Waals surface area contributed by atoms with Crippen LogP contribution in [0.2, 0.25) is 0 Å². The molecule has 1 aromatic carbocycles. The molecule has 3 rings (SSSR count). The third-order valence-corrected chi connectivity index (χ3v) is 4.68. The molecule has 1 aromatic rings. The van der Waals surface area contributed by atoms with Gasteiger partial charge >= 0.3 is 35.6 Å². The monoisotopic (exact) mass is 415 g/mol. The largest absolute Gasteiger partial charge is 1.00 e. The molecular weight excluding hydrogens is 401 g/mol. The second kappa shape index (κ2) is 8.56. The van der Waals surface area contributed by atoms with Crippen LogP contribution in [0.3, 0.4) is 0 Å². The molecule has 2 saturated heterocycles. The van der Waals surface area contributed by atoms with Gasteiger partial charge in [0.2, 0.25) is 10.4 Å². The van der Waals surface area contributed by atoms with E-state index in [0.29, 0.717) is 23.6 Å². The quantitative estimate of drug-likeness (QED) is 0.140. The number of piperidine rings is 1. The van der Waals surface area contributed by atoms with Crippen molar-refractivity contribution in [1.29, 1.82) is 5.41 Å². The van der Waals surface area contributed by atoms with Crippen molar-refractivity contribution in [3.63, 3.8) is 0 Å². The summed E-state index contributed by atoms with van der Waals surface area (Å²) in [5.41, 5.74) is 0.618. The Bertz CT molecular complexity index is 945. The van der Waals surface area contributed by atoms with Gasteiger partial charge < -0.3 is 14.8 Å². The van der Waals surface area contributed by atoms with E-state index in [-0.39, 0.29) is 47.5 Å². The molecule has 2 atom stereocenters. The van der Waals surface area contributed by atoms with Crippen LogP contribution in [0.1, 0.15) is 23.2 Å². The Labute approximate surface area is 183 Å². The van der Waals surface area contributed by atoms with Crippen LogP contribution in [0.25, 0.3) is 4.85 Å². The maximum atomic E-state index is 12.3. The summed E-state index contributed by atoms with van der Waals surface area (Å²) >= 11 is 0. The molecule has 142 valence electrons. The normalized spacial score (nSPS) is 20.9. The van der Waals surface area contributed by atoms with Crippen LogP contribution in [-0.2, 0) is 14.7 Å². The zero-order valence-electron chi connectivity index (χ0n) is 14.8. The molecule has 0 aliphatic carbocycles. The first-order valence-electron chi connectivity index (χ1n) is 7.82. The van der Waals surface area contributed by atoms with E-state index >= 15 is 0 Å². The number of carbonyl (C=O) groups excluding carboxylic acids is 2. The molecule has 3 amide bonds. The number of amidine groups is 1. The molecular formula is C15H14N5NaO6S. The summed E-state index contributed by atoms with van der Waals surface area (Å²) in [4.78, 5) is 28.9. The van der Waals surface area contributed by atoms with E-state index in [1.165, 1.54) is 29.2 Å². The molecule has 2 bridgehead atoms. The number of rotatable bonds is 4. The number of benzene rings is 1. The first kappa shape index (κ1) is 22.3. The first-order chi connectivity index (χ1) is 12.7. The fourth-order valence-corrected chi connectivity index (χ4v) is 3.48. The van der Waals surface area contributed by atoms with Crippen molar-refractivity contribution in [3.05, 3.63) is 41.2 Å². The van der Waals surface area contributed by atoms with Gasteiger partial charge in [0.15, 0.2) is 5.69 Å². The van der Waals surface area contributed by atoms with Gasteiger partial charge in [0.1, 0.15) is 5.84 Å². The van der Waals surface area contributed by atoms with Crippen molar-refractivity contribution in [2.45, 2.75) is 24.9 Å². The Morgan fingerprint density at radius 3 is 2.54 bits per heavy atom. The summed E-state index contributed by atoms with van der Waals surface area (Å²) in [5.74, 6) is -0.798. The molecule has 0 aromatic heterocycles. The fourth-order valence-electron chi connectivity index (χ4n) is 3.09. The van der Waals surface area contributed by atoms with Crippen LogP contribution in [0, 0.1) is 12.0 Å². The SMILES string of the molecule is [C-]#[N+]c1ccc(C(=O)NC(=N)[C@@H]2CC[C@@H]3CN2C(=O)N3OS(=O)(=O)[O-])cc1.[Na+]. The Morgan fingerprint density at radius 1 is 1.32 bits per heavy atom. The van der Waals surface area contributed by atoms with Gasteiger partial charge in [-0.2, -0.15) is 9.35 Å². The molecule has 2 N–H and O–H groups in total. The summed E-state index contributed by atoms with van der Waals surface area (Å²) in [5, 5.41) is 11.0. The molecule has 13 heteroatoms. The summed E-state index contributed by atoms with van der Waals surface area (Å²) in [6, 6.07) is 3.61. The average molecular weight is 415 g/mol. The number of amides is 3. The van der Waals surface area contributed by atoms with Gasteiger partial charge in [0.25, 0.3) is 5.91 Å². The zero-order chi connectivity index (χ0) is 19.8. The maximum absolute atomic E-state index is 12.3. The number of hydroxylamine groups is 2. The molecule has 11 nitrogen and oxygen atoms in total. The Hall–Kier alpha value is -2.01. The Kier molecular flexibility index (Phi) is 6.81.